The highest BCUT2D eigenvalue weighted by atomic mass is 16.6. The van der Waals surface area contributed by atoms with Gasteiger partial charge in [0, 0.05) is 43.2 Å². The number of rotatable bonds is 5. The zero-order valence-electron chi connectivity index (χ0n) is 18.2. The molecule has 1 unspecified atom stereocenters. The van der Waals surface area contributed by atoms with E-state index in [1.807, 2.05) is 31.1 Å². The monoisotopic (exact) mass is 447 g/mol. The first-order valence-electron chi connectivity index (χ1n) is 10.1. The zero-order chi connectivity index (χ0) is 23.9. The van der Waals surface area contributed by atoms with Crippen molar-refractivity contribution in [2.24, 2.45) is 0 Å². The Morgan fingerprint density at radius 1 is 1.03 bits per heavy atom. The summed E-state index contributed by atoms with van der Waals surface area (Å²) in [4.78, 5) is 39.7. The van der Waals surface area contributed by atoms with Crippen molar-refractivity contribution < 1.29 is 24.0 Å². The largest absolute Gasteiger partial charge is 0.507 e. The Hall–Kier alpha value is -4.40. The van der Waals surface area contributed by atoms with E-state index in [-0.39, 0.29) is 16.8 Å². The maximum atomic E-state index is 13.1. The summed E-state index contributed by atoms with van der Waals surface area (Å²) in [7, 11) is 3.77. The quantitative estimate of drug-likeness (QED) is 0.205. The number of Topliss-reactive ketones (excluding diaryl/α,β-unsaturated/α-hetero) is 1. The molecule has 0 bridgehead atoms. The van der Waals surface area contributed by atoms with E-state index in [1.54, 1.807) is 31.2 Å². The average Bonchev–Trinajstić information content (AvgIpc) is 3.34. The van der Waals surface area contributed by atoms with Gasteiger partial charge in [0.2, 0.25) is 0 Å². The van der Waals surface area contributed by atoms with Crippen LogP contribution in [-0.4, -0.2) is 35.8 Å². The molecule has 0 spiro atoms. The number of nitro groups is 1. The number of non-ortho nitro benzene ring substituents is 1. The third-order valence-electron chi connectivity index (χ3n) is 5.47. The molecule has 1 fully saturated rings. The predicted molar refractivity (Wildman–Crippen MR) is 122 cm³/mol. The van der Waals surface area contributed by atoms with Crippen LogP contribution >= 0.6 is 0 Å². The lowest BCUT2D eigenvalue weighted by atomic mass is 9.99. The second-order valence-electron chi connectivity index (χ2n) is 7.83. The fourth-order valence-corrected chi connectivity index (χ4v) is 3.78. The fourth-order valence-electron chi connectivity index (χ4n) is 3.78. The number of hydrogen-bond donors (Lipinski definition) is 1. The van der Waals surface area contributed by atoms with Crippen molar-refractivity contribution in [1.29, 1.82) is 0 Å². The first-order valence-corrected chi connectivity index (χ1v) is 10.1. The molecule has 4 rings (SSSR count). The van der Waals surface area contributed by atoms with Crippen LogP contribution in [0.4, 0.5) is 17.1 Å². The zero-order valence-corrected chi connectivity index (χ0v) is 18.2. The van der Waals surface area contributed by atoms with Gasteiger partial charge in [-0.15, -0.1) is 0 Å². The fraction of sp³-hybridized carbons (Fsp3) is 0.167. The van der Waals surface area contributed by atoms with Crippen molar-refractivity contribution in [1.82, 2.24) is 0 Å². The Morgan fingerprint density at radius 3 is 2.18 bits per heavy atom. The van der Waals surface area contributed by atoms with Gasteiger partial charge >= 0.3 is 0 Å². The number of nitro benzene ring substituents is 1. The van der Waals surface area contributed by atoms with Crippen LogP contribution < -0.4 is 9.80 Å². The van der Waals surface area contributed by atoms with Crippen LogP contribution in [0.15, 0.2) is 70.7 Å². The van der Waals surface area contributed by atoms with E-state index in [2.05, 4.69) is 0 Å². The van der Waals surface area contributed by atoms with Gasteiger partial charge in [0.15, 0.2) is 0 Å². The van der Waals surface area contributed by atoms with Crippen LogP contribution in [-0.2, 0) is 9.59 Å². The maximum absolute atomic E-state index is 13.1. The highest BCUT2D eigenvalue weighted by Crippen LogP contribution is 2.43. The summed E-state index contributed by atoms with van der Waals surface area (Å²) in [5.41, 5.74) is 1.23. The van der Waals surface area contributed by atoms with Gasteiger partial charge in [0.25, 0.3) is 17.4 Å². The lowest BCUT2D eigenvalue weighted by Gasteiger charge is -2.24. The highest BCUT2D eigenvalue weighted by Gasteiger charge is 2.48. The lowest BCUT2D eigenvalue weighted by molar-refractivity contribution is -0.384. The number of amides is 1. The maximum Gasteiger partial charge on any atom is 0.300 e. The normalized spacial score (nSPS) is 17.4. The summed E-state index contributed by atoms with van der Waals surface area (Å²) in [5, 5.41) is 22.0. The Bertz CT molecular complexity index is 1270. The Balaban J connectivity index is 1.87. The number of carbonyl (C=O) groups excluding carboxylic acids is 2. The van der Waals surface area contributed by atoms with Gasteiger partial charge < -0.3 is 14.4 Å². The van der Waals surface area contributed by atoms with Crippen LogP contribution in [0.3, 0.4) is 0 Å². The number of ketones is 1. The van der Waals surface area contributed by atoms with E-state index in [9.17, 15) is 24.8 Å². The second-order valence-corrected chi connectivity index (χ2v) is 7.83. The van der Waals surface area contributed by atoms with E-state index in [0.717, 1.165) is 5.69 Å². The van der Waals surface area contributed by atoms with Gasteiger partial charge in [-0.3, -0.25) is 24.6 Å². The smallest absolute Gasteiger partial charge is 0.300 e. The molecule has 1 aromatic heterocycles. The van der Waals surface area contributed by atoms with E-state index in [4.69, 9.17) is 4.42 Å². The lowest BCUT2D eigenvalue weighted by Crippen LogP contribution is -2.29. The van der Waals surface area contributed by atoms with Crippen molar-refractivity contribution in [3.8, 4) is 0 Å². The van der Waals surface area contributed by atoms with Crippen molar-refractivity contribution in [2.45, 2.75) is 13.0 Å². The third kappa shape index (κ3) is 3.84. The molecule has 1 saturated heterocycles. The molecule has 1 N–H and O–H groups in total. The molecule has 0 radical (unpaired) electrons. The van der Waals surface area contributed by atoms with Crippen LogP contribution in [0.25, 0.3) is 5.76 Å². The van der Waals surface area contributed by atoms with Gasteiger partial charge in [0.1, 0.15) is 23.3 Å². The predicted octanol–water partition coefficient (Wildman–Crippen LogP) is 4.19. The minimum Gasteiger partial charge on any atom is -0.507 e. The number of aryl methyl sites for hydroxylation is 1. The van der Waals surface area contributed by atoms with E-state index in [1.165, 1.54) is 29.2 Å². The summed E-state index contributed by atoms with van der Waals surface area (Å²) in [5.74, 6) is -1.23. The molecule has 9 nitrogen and oxygen atoms in total. The molecule has 2 aromatic carbocycles. The molecule has 0 saturated carbocycles. The number of furan rings is 1. The van der Waals surface area contributed by atoms with E-state index >= 15 is 0 Å². The molecule has 1 amide bonds. The molecule has 3 aromatic rings. The van der Waals surface area contributed by atoms with Gasteiger partial charge in [-0.1, -0.05) is 0 Å². The molecule has 1 atom stereocenters. The van der Waals surface area contributed by atoms with E-state index < -0.39 is 28.4 Å². The first kappa shape index (κ1) is 21.8. The molecule has 1 aliphatic rings. The number of carbonyl (C=O) groups is 2. The molecule has 168 valence electrons. The van der Waals surface area contributed by atoms with Crippen molar-refractivity contribution in [3.63, 3.8) is 0 Å². The SMILES string of the molecule is Cc1ccc(C2/C(=C(/O)c3ccc([N+](=O)[O-])cc3)C(=O)C(=O)N2c2ccc(N(C)C)cc2)o1. The van der Waals surface area contributed by atoms with Crippen LogP contribution in [0.2, 0.25) is 0 Å². The number of aliphatic hydroxyl groups is 1. The Morgan fingerprint density at radius 2 is 1.67 bits per heavy atom. The molecule has 0 aliphatic carbocycles. The summed E-state index contributed by atoms with van der Waals surface area (Å²) in [6.45, 7) is 1.73. The molecule has 9 heteroatoms. The second kappa shape index (κ2) is 8.27. The summed E-state index contributed by atoms with van der Waals surface area (Å²) >= 11 is 0. The Kier molecular flexibility index (Phi) is 5.47. The molecular weight excluding hydrogens is 426 g/mol. The molecule has 33 heavy (non-hydrogen) atoms. The van der Waals surface area contributed by atoms with Crippen LogP contribution in [0.1, 0.15) is 23.1 Å². The van der Waals surface area contributed by atoms with Gasteiger partial charge in [-0.25, -0.2) is 0 Å². The number of anilines is 2. The molecule has 1 aliphatic heterocycles. The van der Waals surface area contributed by atoms with E-state index in [0.29, 0.717) is 17.2 Å². The minimum atomic E-state index is -1.00. The van der Waals surface area contributed by atoms with Gasteiger partial charge in [-0.2, -0.15) is 0 Å². The first-order chi connectivity index (χ1) is 15.7. The number of hydrogen-bond acceptors (Lipinski definition) is 7. The highest BCUT2D eigenvalue weighted by molar-refractivity contribution is 6.51. The minimum absolute atomic E-state index is 0.153. The molecular formula is C24H21N3O6. The number of benzene rings is 2. The summed E-state index contributed by atoms with van der Waals surface area (Å²) < 4.78 is 5.76. The van der Waals surface area contributed by atoms with Crippen molar-refractivity contribution in [3.05, 3.63) is 93.4 Å². The number of aliphatic hydroxyl groups excluding tert-OH is 1. The van der Waals surface area contributed by atoms with Gasteiger partial charge in [0.05, 0.1) is 10.5 Å². The standard InChI is InChI=1S/C24H21N3O6/c1-14-4-13-19(33-14)21-20(22(28)15-5-7-18(8-6-15)27(31)32)23(29)24(30)26(21)17-11-9-16(10-12-17)25(2)3/h4-13,21,28H,1-3H3/b22-20-. The summed E-state index contributed by atoms with van der Waals surface area (Å²) in [6, 6.07) is 14.5. The van der Waals surface area contributed by atoms with Gasteiger partial charge in [-0.05, 0) is 55.5 Å². The molecule has 2 heterocycles. The number of nitrogens with zero attached hydrogens (tertiary/aromatic N) is 3. The third-order valence-corrected chi connectivity index (χ3v) is 5.47. The van der Waals surface area contributed by atoms with Crippen LogP contribution in [0, 0.1) is 17.0 Å². The van der Waals surface area contributed by atoms with Crippen molar-refractivity contribution >= 4 is 34.5 Å². The van der Waals surface area contributed by atoms with Crippen molar-refractivity contribution in [2.75, 3.05) is 23.9 Å². The average molecular weight is 447 g/mol. The topological polar surface area (TPSA) is 117 Å². The summed E-state index contributed by atoms with van der Waals surface area (Å²) in [6.07, 6.45) is 0. The Labute approximate surface area is 189 Å². The van der Waals surface area contributed by atoms with Crippen LogP contribution in [0.5, 0.6) is 0 Å².